The second-order valence-electron chi connectivity index (χ2n) is 2.40. The highest BCUT2D eigenvalue weighted by molar-refractivity contribution is 5.84. The molecule has 5 heteroatoms. The smallest absolute Gasteiger partial charge is 0.353 e. The van der Waals surface area contributed by atoms with Crippen LogP contribution in [0.3, 0.4) is 0 Å². The van der Waals surface area contributed by atoms with E-state index >= 15 is 0 Å². The average Bonchev–Trinajstić information content (AvgIpc) is 2.48. The maximum absolute atomic E-state index is 10.4. The number of carbonyl (C=O) groups is 1. The zero-order valence-electron chi connectivity index (χ0n) is 6.79. The highest BCUT2D eigenvalue weighted by Crippen LogP contribution is 1.96. The minimum Gasteiger partial charge on any atom is -0.477 e. The first-order valence-electron chi connectivity index (χ1n) is 3.66. The van der Waals surface area contributed by atoms with Crippen molar-refractivity contribution in [2.75, 3.05) is 13.6 Å². The van der Waals surface area contributed by atoms with E-state index in [9.17, 15) is 4.79 Å². The highest BCUT2D eigenvalue weighted by atomic mass is 16.4. The molecule has 0 fully saturated rings. The molecule has 0 radical (unpaired) electrons. The summed E-state index contributed by atoms with van der Waals surface area (Å²) >= 11 is 0. The Labute approximate surface area is 69.8 Å². The second kappa shape index (κ2) is 3.87. The molecular weight excluding hydrogens is 158 g/mol. The third-order valence-electron chi connectivity index (χ3n) is 1.47. The largest absolute Gasteiger partial charge is 0.477 e. The van der Waals surface area contributed by atoms with E-state index < -0.39 is 5.97 Å². The van der Waals surface area contributed by atoms with Gasteiger partial charge in [0.25, 0.3) is 0 Å². The van der Waals surface area contributed by atoms with Crippen molar-refractivity contribution in [3.8, 4) is 0 Å². The predicted octanol–water partition coefficient (Wildman–Crippen LogP) is -0.130. The topological polar surface area (TPSA) is 78.0 Å². The molecule has 0 saturated heterocycles. The SMILES string of the molecule is CNCCc1ncc(C(=O)O)[nH]1. The van der Waals surface area contributed by atoms with Gasteiger partial charge >= 0.3 is 5.97 Å². The quantitative estimate of drug-likeness (QED) is 0.586. The maximum Gasteiger partial charge on any atom is 0.353 e. The number of aromatic carboxylic acids is 1. The average molecular weight is 169 g/mol. The van der Waals surface area contributed by atoms with Crippen molar-refractivity contribution in [3.05, 3.63) is 17.7 Å². The number of aromatic nitrogens is 2. The molecule has 0 aliphatic carbocycles. The molecule has 1 aromatic rings. The molecule has 0 aliphatic rings. The third kappa shape index (κ3) is 2.06. The molecule has 66 valence electrons. The van der Waals surface area contributed by atoms with Gasteiger partial charge in [0.15, 0.2) is 0 Å². The lowest BCUT2D eigenvalue weighted by Gasteiger charge is -1.93. The third-order valence-corrected chi connectivity index (χ3v) is 1.47. The lowest BCUT2D eigenvalue weighted by atomic mass is 10.4. The van der Waals surface area contributed by atoms with Gasteiger partial charge in [-0.1, -0.05) is 0 Å². The summed E-state index contributed by atoms with van der Waals surface area (Å²) in [7, 11) is 1.83. The molecule has 5 nitrogen and oxygen atoms in total. The molecular formula is C7H11N3O2. The zero-order chi connectivity index (χ0) is 8.97. The van der Waals surface area contributed by atoms with Crippen LogP contribution in [0.1, 0.15) is 16.3 Å². The summed E-state index contributed by atoms with van der Waals surface area (Å²) in [6.45, 7) is 0.784. The van der Waals surface area contributed by atoms with Gasteiger partial charge in [-0.05, 0) is 7.05 Å². The number of carboxylic acids is 1. The molecule has 0 aromatic carbocycles. The molecule has 0 atom stereocenters. The summed E-state index contributed by atoms with van der Waals surface area (Å²) in [6, 6.07) is 0. The highest BCUT2D eigenvalue weighted by Gasteiger charge is 2.05. The molecule has 0 amide bonds. The molecule has 0 spiro atoms. The van der Waals surface area contributed by atoms with Crippen molar-refractivity contribution in [3.63, 3.8) is 0 Å². The monoisotopic (exact) mass is 169 g/mol. The Morgan fingerprint density at radius 2 is 2.58 bits per heavy atom. The Hall–Kier alpha value is -1.36. The summed E-state index contributed by atoms with van der Waals surface area (Å²) in [5.41, 5.74) is 0.140. The molecule has 0 unspecified atom stereocenters. The summed E-state index contributed by atoms with van der Waals surface area (Å²) in [5, 5.41) is 11.5. The molecule has 3 N–H and O–H groups in total. The molecule has 1 heterocycles. The standard InChI is InChI=1S/C7H11N3O2/c1-8-3-2-6-9-4-5(10-6)7(11)12/h4,8H,2-3H2,1H3,(H,9,10)(H,11,12). The minimum atomic E-state index is -0.974. The predicted molar refractivity (Wildman–Crippen MR) is 43.2 cm³/mol. The van der Waals surface area contributed by atoms with Gasteiger partial charge in [-0.3, -0.25) is 0 Å². The van der Waals surface area contributed by atoms with Crippen LogP contribution in [-0.4, -0.2) is 34.6 Å². The second-order valence-corrected chi connectivity index (χ2v) is 2.40. The van der Waals surface area contributed by atoms with Crippen molar-refractivity contribution in [2.45, 2.75) is 6.42 Å². The van der Waals surface area contributed by atoms with Crippen LogP contribution in [0.2, 0.25) is 0 Å². The van der Waals surface area contributed by atoms with Gasteiger partial charge in [0.1, 0.15) is 11.5 Å². The lowest BCUT2D eigenvalue weighted by Crippen LogP contribution is -2.11. The summed E-state index contributed by atoms with van der Waals surface area (Å²) < 4.78 is 0. The molecule has 1 rings (SSSR count). The van der Waals surface area contributed by atoms with E-state index in [1.54, 1.807) is 0 Å². The van der Waals surface area contributed by atoms with Crippen LogP contribution in [0.5, 0.6) is 0 Å². The van der Waals surface area contributed by atoms with Crippen molar-refractivity contribution < 1.29 is 9.90 Å². The van der Waals surface area contributed by atoms with Crippen molar-refractivity contribution >= 4 is 5.97 Å². The van der Waals surface area contributed by atoms with Crippen LogP contribution in [-0.2, 0) is 6.42 Å². The number of carboxylic acid groups (broad SMARTS) is 1. The Morgan fingerprint density at radius 1 is 1.83 bits per heavy atom. The first-order valence-corrected chi connectivity index (χ1v) is 3.66. The van der Waals surface area contributed by atoms with Gasteiger partial charge in [0.05, 0.1) is 6.20 Å². The number of nitrogens with zero attached hydrogens (tertiary/aromatic N) is 1. The molecule has 0 aliphatic heterocycles. The number of nitrogens with one attached hydrogen (secondary N) is 2. The summed E-state index contributed by atoms with van der Waals surface area (Å²) in [5.74, 6) is -0.278. The zero-order valence-corrected chi connectivity index (χ0v) is 6.79. The van der Waals surface area contributed by atoms with Crippen LogP contribution in [0.4, 0.5) is 0 Å². The number of rotatable bonds is 4. The van der Waals surface area contributed by atoms with Crippen LogP contribution in [0.15, 0.2) is 6.20 Å². The van der Waals surface area contributed by atoms with Crippen LogP contribution < -0.4 is 5.32 Å². The number of imidazole rings is 1. The minimum absolute atomic E-state index is 0.140. The molecule has 0 saturated carbocycles. The van der Waals surface area contributed by atoms with Crippen molar-refractivity contribution in [1.82, 2.24) is 15.3 Å². The van der Waals surface area contributed by atoms with Crippen molar-refractivity contribution in [2.24, 2.45) is 0 Å². The van der Waals surface area contributed by atoms with E-state index in [-0.39, 0.29) is 5.69 Å². The van der Waals surface area contributed by atoms with E-state index in [0.717, 1.165) is 6.54 Å². The van der Waals surface area contributed by atoms with E-state index in [1.165, 1.54) is 6.20 Å². The van der Waals surface area contributed by atoms with Crippen LogP contribution in [0.25, 0.3) is 0 Å². The van der Waals surface area contributed by atoms with Crippen LogP contribution >= 0.6 is 0 Å². The van der Waals surface area contributed by atoms with Gasteiger partial charge in [-0.2, -0.15) is 0 Å². The van der Waals surface area contributed by atoms with Crippen molar-refractivity contribution in [1.29, 1.82) is 0 Å². The Morgan fingerprint density at radius 3 is 3.08 bits per heavy atom. The lowest BCUT2D eigenvalue weighted by molar-refractivity contribution is 0.0691. The number of aromatic amines is 1. The van der Waals surface area contributed by atoms with Gasteiger partial charge in [-0.25, -0.2) is 9.78 Å². The Bertz CT molecular complexity index is 269. The molecule has 0 bridgehead atoms. The number of likely N-dealkylation sites (N-methyl/N-ethyl adjacent to an activating group) is 1. The first kappa shape index (κ1) is 8.73. The van der Waals surface area contributed by atoms with E-state index in [1.807, 2.05) is 7.05 Å². The maximum atomic E-state index is 10.4. The fourth-order valence-corrected chi connectivity index (χ4v) is 0.842. The van der Waals surface area contributed by atoms with Gasteiger partial charge in [0, 0.05) is 13.0 Å². The van der Waals surface area contributed by atoms with E-state index in [4.69, 9.17) is 5.11 Å². The molecule has 1 aromatic heterocycles. The number of hydrogen-bond acceptors (Lipinski definition) is 3. The van der Waals surface area contributed by atoms with Gasteiger partial charge < -0.3 is 15.4 Å². The van der Waals surface area contributed by atoms with E-state index in [2.05, 4.69) is 15.3 Å². The van der Waals surface area contributed by atoms with Gasteiger partial charge in [0.2, 0.25) is 0 Å². The first-order chi connectivity index (χ1) is 5.74. The Balaban J connectivity index is 2.58. The normalized spacial score (nSPS) is 10.1. The summed E-state index contributed by atoms with van der Waals surface area (Å²) in [6.07, 6.45) is 2.04. The van der Waals surface area contributed by atoms with Gasteiger partial charge in [-0.15, -0.1) is 0 Å². The number of H-pyrrole nitrogens is 1. The number of hydrogen-bond donors (Lipinski definition) is 3. The fraction of sp³-hybridized carbons (Fsp3) is 0.429. The summed E-state index contributed by atoms with van der Waals surface area (Å²) in [4.78, 5) is 17.0. The molecule has 12 heavy (non-hydrogen) atoms. The van der Waals surface area contributed by atoms with Crippen LogP contribution in [0, 0.1) is 0 Å². The fourth-order valence-electron chi connectivity index (χ4n) is 0.842. The Kier molecular flexibility index (Phi) is 2.82. The van der Waals surface area contributed by atoms with E-state index in [0.29, 0.717) is 12.2 Å².